The van der Waals surface area contributed by atoms with Crippen LogP contribution in [0.1, 0.15) is 28.3 Å². The summed E-state index contributed by atoms with van der Waals surface area (Å²) in [5.74, 6) is -1.40. The van der Waals surface area contributed by atoms with Crippen molar-refractivity contribution in [2.24, 2.45) is 5.73 Å². The molecule has 126 valence electrons. The van der Waals surface area contributed by atoms with Gasteiger partial charge >= 0.3 is 0 Å². The van der Waals surface area contributed by atoms with Crippen molar-refractivity contribution in [3.05, 3.63) is 35.4 Å². The van der Waals surface area contributed by atoms with E-state index in [0.29, 0.717) is 11.1 Å². The lowest BCUT2D eigenvalue weighted by atomic mass is 9.93. The van der Waals surface area contributed by atoms with Gasteiger partial charge in [0.05, 0.1) is 17.4 Å². The van der Waals surface area contributed by atoms with Crippen LogP contribution in [0.25, 0.3) is 0 Å². The zero-order valence-corrected chi connectivity index (χ0v) is 13.5. The van der Waals surface area contributed by atoms with E-state index in [2.05, 4.69) is 0 Å². The summed E-state index contributed by atoms with van der Waals surface area (Å²) in [6.07, 6.45) is 0.234. The van der Waals surface area contributed by atoms with Crippen molar-refractivity contribution in [2.75, 3.05) is 31.2 Å². The second kappa shape index (κ2) is 7.10. The van der Waals surface area contributed by atoms with Gasteiger partial charge in [0.2, 0.25) is 11.8 Å². The normalized spacial score (nSPS) is 18.4. The molecular formula is C15H20N2O5S. The number of rotatable bonds is 5. The molecule has 3 N–H and O–H groups in total. The maximum absolute atomic E-state index is 12.6. The van der Waals surface area contributed by atoms with Crippen LogP contribution in [0.3, 0.4) is 0 Å². The molecule has 0 bridgehead atoms. The van der Waals surface area contributed by atoms with E-state index in [4.69, 9.17) is 5.73 Å². The van der Waals surface area contributed by atoms with E-state index in [-0.39, 0.29) is 43.5 Å². The minimum atomic E-state index is -3.06. The van der Waals surface area contributed by atoms with Crippen LogP contribution in [-0.4, -0.2) is 61.4 Å². The number of nitrogens with two attached hydrogens (primary N) is 1. The summed E-state index contributed by atoms with van der Waals surface area (Å²) in [7, 11) is -3.06. The van der Waals surface area contributed by atoms with Crippen LogP contribution in [0.5, 0.6) is 0 Å². The van der Waals surface area contributed by atoms with Crippen molar-refractivity contribution in [3.63, 3.8) is 0 Å². The maximum atomic E-state index is 12.6. The number of hydrogen-bond acceptors (Lipinski definition) is 5. The Kier molecular flexibility index (Phi) is 5.38. The van der Waals surface area contributed by atoms with E-state index in [1.165, 1.54) is 17.0 Å². The Morgan fingerprint density at radius 3 is 2.22 bits per heavy atom. The van der Waals surface area contributed by atoms with Gasteiger partial charge in [0.15, 0.2) is 9.84 Å². The molecule has 1 aromatic rings. The van der Waals surface area contributed by atoms with Crippen molar-refractivity contribution >= 4 is 21.7 Å². The third kappa shape index (κ3) is 4.29. The molecule has 1 fully saturated rings. The van der Waals surface area contributed by atoms with E-state index in [1.807, 2.05) is 0 Å². The zero-order valence-electron chi connectivity index (χ0n) is 12.6. The molecule has 1 aliphatic heterocycles. The predicted molar refractivity (Wildman–Crippen MR) is 84.6 cm³/mol. The first-order valence-corrected chi connectivity index (χ1v) is 9.16. The highest BCUT2D eigenvalue weighted by atomic mass is 32.2. The average molecular weight is 340 g/mol. The lowest BCUT2D eigenvalue weighted by molar-refractivity contribution is -0.132. The van der Waals surface area contributed by atoms with Crippen LogP contribution in [-0.2, 0) is 14.6 Å². The molecule has 8 heteroatoms. The summed E-state index contributed by atoms with van der Waals surface area (Å²) in [4.78, 5) is 25.3. The monoisotopic (exact) mass is 340 g/mol. The topological polar surface area (TPSA) is 118 Å². The number of hydrogen-bond donors (Lipinski definition) is 2. The van der Waals surface area contributed by atoms with Gasteiger partial charge in [-0.1, -0.05) is 12.1 Å². The van der Waals surface area contributed by atoms with Crippen LogP contribution in [0.15, 0.2) is 24.3 Å². The number of sulfone groups is 1. The largest absolute Gasteiger partial charge is 0.396 e. The number of aliphatic hydroxyl groups excluding tert-OH is 1. The molecule has 1 aromatic carbocycles. The smallest absolute Gasteiger partial charge is 0.248 e. The predicted octanol–water partition coefficient (Wildman–Crippen LogP) is -0.491. The molecule has 2 amide bonds. The summed E-state index contributed by atoms with van der Waals surface area (Å²) in [6.45, 7) is 0.172. The SMILES string of the molecule is NC(=O)c1ccc([C@H](CCO)C(=O)N2CCS(=O)(=O)CC2)cc1. The Morgan fingerprint density at radius 2 is 1.74 bits per heavy atom. The first-order valence-electron chi connectivity index (χ1n) is 7.34. The highest BCUT2D eigenvalue weighted by Gasteiger charge is 2.30. The lowest BCUT2D eigenvalue weighted by Gasteiger charge is -2.30. The van der Waals surface area contributed by atoms with Gasteiger partial charge in [-0.05, 0) is 24.1 Å². The number of carbonyl (C=O) groups is 2. The molecule has 0 unspecified atom stereocenters. The van der Waals surface area contributed by atoms with Gasteiger partial charge in [-0.25, -0.2) is 8.42 Å². The van der Waals surface area contributed by atoms with Gasteiger partial charge in [0.1, 0.15) is 0 Å². The summed E-state index contributed by atoms with van der Waals surface area (Å²) < 4.78 is 22.9. The summed E-state index contributed by atoms with van der Waals surface area (Å²) >= 11 is 0. The van der Waals surface area contributed by atoms with Crippen LogP contribution < -0.4 is 5.73 Å². The van der Waals surface area contributed by atoms with E-state index in [9.17, 15) is 23.1 Å². The molecule has 0 spiro atoms. The molecule has 1 heterocycles. The van der Waals surface area contributed by atoms with E-state index >= 15 is 0 Å². The number of primary amides is 1. The summed E-state index contributed by atoms with van der Waals surface area (Å²) in [5, 5.41) is 9.23. The molecule has 2 rings (SSSR count). The summed E-state index contributed by atoms with van der Waals surface area (Å²) in [5.41, 5.74) is 6.20. The fourth-order valence-corrected chi connectivity index (χ4v) is 3.80. The lowest BCUT2D eigenvalue weighted by Crippen LogP contribution is -2.45. The van der Waals surface area contributed by atoms with Crippen molar-refractivity contribution < 1.29 is 23.1 Å². The minimum Gasteiger partial charge on any atom is -0.396 e. The van der Waals surface area contributed by atoms with Gasteiger partial charge in [-0.2, -0.15) is 0 Å². The molecule has 0 aromatic heterocycles. The van der Waals surface area contributed by atoms with Crippen molar-refractivity contribution in [1.29, 1.82) is 0 Å². The Hall–Kier alpha value is -1.93. The van der Waals surface area contributed by atoms with Crippen LogP contribution in [0.2, 0.25) is 0 Å². The molecule has 1 saturated heterocycles. The Balaban J connectivity index is 2.17. The number of aliphatic hydroxyl groups is 1. The third-order valence-electron chi connectivity index (χ3n) is 3.97. The van der Waals surface area contributed by atoms with E-state index < -0.39 is 21.7 Å². The van der Waals surface area contributed by atoms with E-state index in [0.717, 1.165) is 0 Å². The van der Waals surface area contributed by atoms with E-state index in [1.54, 1.807) is 12.1 Å². The summed E-state index contributed by atoms with van der Waals surface area (Å²) in [6, 6.07) is 6.35. The Bertz CT molecular complexity index is 670. The van der Waals surface area contributed by atoms with Crippen molar-refractivity contribution in [1.82, 2.24) is 4.90 Å². The number of amides is 2. The number of nitrogens with zero attached hydrogens (tertiary/aromatic N) is 1. The fourth-order valence-electron chi connectivity index (χ4n) is 2.59. The molecule has 7 nitrogen and oxygen atoms in total. The van der Waals surface area contributed by atoms with Crippen LogP contribution in [0, 0.1) is 0 Å². The van der Waals surface area contributed by atoms with Crippen molar-refractivity contribution in [2.45, 2.75) is 12.3 Å². The molecule has 1 aliphatic rings. The second-order valence-corrected chi connectivity index (χ2v) is 7.83. The van der Waals surface area contributed by atoms with Crippen molar-refractivity contribution in [3.8, 4) is 0 Å². The van der Waals surface area contributed by atoms with Gasteiger partial charge < -0.3 is 15.7 Å². The standard InChI is InChI=1S/C15H20N2O5S/c16-14(19)12-3-1-11(2-4-12)13(5-8-18)15(20)17-6-9-23(21,22)10-7-17/h1-4,13,18H,5-10H2,(H2,16,19)/t13-/m0/s1. The van der Waals surface area contributed by atoms with Gasteiger partial charge in [-0.3, -0.25) is 9.59 Å². The van der Waals surface area contributed by atoms with Gasteiger partial charge in [-0.15, -0.1) is 0 Å². The maximum Gasteiger partial charge on any atom is 0.248 e. The zero-order chi connectivity index (χ0) is 17.0. The molecule has 23 heavy (non-hydrogen) atoms. The Labute approximate surface area is 135 Å². The highest BCUT2D eigenvalue weighted by Crippen LogP contribution is 2.23. The fraction of sp³-hybridized carbons (Fsp3) is 0.467. The average Bonchev–Trinajstić information content (AvgIpc) is 2.52. The molecule has 1 atom stereocenters. The number of carbonyl (C=O) groups excluding carboxylic acids is 2. The van der Waals surface area contributed by atoms with Crippen LogP contribution >= 0.6 is 0 Å². The minimum absolute atomic E-state index is 0.0365. The first kappa shape index (κ1) is 17.4. The third-order valence-corrected chi connectivity index (χ3v) is 5.58. The molecule has 0 radical (unpaired) electrons. The Morgan fingerprint density at radius 1 is 1.17 bits per heavy atom. The molecule has 0 saturated carbocycles. The van der Waals surface area contributed by atoms with Crippen LogP contribution in [0.4, 0.5) is 0 Å². The van der Waals surface area contributed by atoms with Gasteiger partial charge in [0.25, 0.3) is 0 Å². The van der Waals surface area contributed by atoms with Gasteiger partial charge in [0, 0.05) is 25.3 Å². The molecular weight excluding hydrogens is 320 g/mol. The highest BCUT2D eigenvalue weighted by molar-refractivity contribution is 7.91. The first-order chi connectivity index (χ1) is 10.8. The quantitative estimate of drug-likeness (QED) is 0.750. The molecule has 0 aliphatic carbocycles. The number of benzene rings is 1. The second-order valence-electron chi connectivity index (χ2n) is 5.53.